The molecule has 2 aromatic carbocycles. The summed E-state index contributed by atoms with van der Waals surface area (Å²) < 4.78 is 40.3. The smallest absolute Gasteiger partial charge is 0.240 e. The van der Waals surface area contributed by atoms with Crippen molar-refractivity contribution in [3.05, 3.63) is 53.6 Å². The van der Waals surface area contributed by atoms with Crippen LogP contribution in [-0.2, 0) is 16.4 Å². The number of methoxy groups -OCH3 is 2. The van der Waals surface area contributed by atoms with Gasteiger partial charge in [0.05, 0.1) is 25.2 Å². The Morgan fingerprint density at radius 1 is 1.10 bits per heavy atom. The van der Waals surface area contributed by atoms with E-state index in [0.29, 0.717) is 11.5 Å². The fraction of sp³-hybridized carbons (Fsp3) is 0.478. The van der Waals surface area contributed by atoms with Crippen molar-refractivity contribution in [3.8, 4) is 11.5 Å². The third-order valence-corrected chi connectivity index (χ3v) is 7.31. The zero-order chi connectivity index (χ0) is 21.9. The van der Waals surface area contributed by atoms with E-state index in [-0.39, 0.29) is 22.9 Å². The predicted molar refractivity (Wildman–Crippen MR) is 119 cm³/mol. The van der Waals surface area contributed by atoms with Crippen LogP contribution in [0.3, 0.4) is 0 Å². The van der Waals surface area contributed by atoms with Crippen LogP contribution in [0.15, 0.2) is 47.4 Å². The SMILES string of the molecule is CCN1CCc2cc(OC)c(OC)cc2[C@H]1[C@H](NS(=O)(=O)c1ccccc1)C(C)C. The maximum atomic E-state index is 13.1. The summed E-state index contributed by atoms with van der Waals surface area (Å²) in [5, 5.41) is 0. The number of rotatable bonds is 8. The Bertz CT molecular complexity index is 961. The van der Waals surface area contributed by atoms with Gasteiger partial charge in [0.25, 0.3) is 0 Å². The Morgan fingerprint density at radius 2 is 1.73 bits per heavy atom. The average Bonchev–Trinajstić information content (AvgIpc) is 2.76. The molecule has 0 unspecified atom stereocenters. The van der Waals surface area contributed by atoms with Gasteiger partial charge in [-0.15, -0.1) is 0 Å². The van der Waals surface area contributed by atoms with Crippen LogP contribution < -0.4 is 14.2 Å². The van der Waals surface area contributed by atoms with E-state index in [1.54, 1.807) is 38.5 Å². The summed E-state index contributed by atoms with van der Waals surface area (Å²) in [5.74, 6) is 1.44. The molecule has 30 heavy (non-hydrogen) atoms. The summed E-state index contributed by atoms with van der Waals surface area (Å²) in [5.41, 5.74) is 2.27. The topological polar surface area (TPSA) is 67.9 Å². The van der Waals surface area contributed by atoms with Gasteiger partial charge in [0.2, 0.25) is 10.0 Å². The van der Waals surface area contributed by atoms with Crippen LogP contribution in [0, 0.1) is 5.92 Å². The molecule has 0 saturated carbocycles. The molecule has 0 fully saturated rings. The molecule has 0 bridgehead atoms. The Morgan fingerprint density at radius 3 is 2.30 bits per heavy atom. The third kappa shape index (κ3) is 4.48. The quantitative estimate of drug-likeness (QED) is 0.690. The number of nitrogens with one attached hydrogen (secondary N) is 1. The zero-order valence-electron chi connectivity index (χ0n) is 18.4. The first kappa shape index (κ1) is 22.6. The highest BCUT2D eigenvalue weighted by molar-refractivity contribution is 7.89. The highest BCUT2D eigenvalue weighted by atomic mass is 32.2. The van der Waals surface area contributed by atoms with Gasteiger partial charge in [-0.3, -0.25) is 4.90 Å². The molecule has 0 spiro atoms. The van der Waals surface area contributed by atoms with E-state index >= 15 is 0 Å². The monoisotopic (exact) mass is 432 g/mol. The van der Waals surface area contributed by atoms with E-state index in [1.807, 2.05) is 18.2 Å². The number of hydrogen-bond acceptors (Lipinski definition) is 5. The molecular weight excluding hydrogens is 400 g/mol. The van der Waals surface area contributed by atoms with Crippen molar-refractivity contribution in [2.45, 2.75) is 44.2 Å². The molecule has 1 N–H and O–H groups in total. The van der Waals surface area contributed by atoms with E-state index in [4.69, 9.17) is 9.47 Å². The summed E-state index contributed by atoms with van der Waals surface area (Å²) in [4.78, 5) is 2.62. The number of hydrogen-bond donors (Lipinski definition) is 1. The first-order chi connectivity index (χ1) is 14.3. The standard InChI is InChI=1S/C23H32N2O4S/c1-6-25-13-12-17-14-20(28-4)21(29-5)15-19(17)23(25)22(16(2)3)24-30(26,27)18-10-8-7-9-11-18/h7-11,14-16,22-24H,6,12-13H2,1-5H3/t22-,23+/m1/s1. The lowest BCUT2D eigenvalue weighted by Crippen LogP contribution is -2.51. The Labute approximate surface area is 180 Å². The van der Waals surface area contributed by atoms with Gasteiger partial charge in [0.1, 0.15) is 0 Å². The molecule has 1 aliphatic rings. The lowest BCUT2D eigenvalue weighted by Gasteiger charge is -2.43. The number of fused-ring (bicyclic) bond motifs is 1. The average molecular weight is 433 g/mol. The van der Waals surface area contributed by atoms with Gasteiger partial charge in [-0.05, 0) is 54.3 Å². The maximum absolute atomic E-state index is 13.1. The Kier molecular flexibility index (Phi) is 7.06. The number of ether oxygens (including phenoxy) is 2. The van der Waals surface area contributed by atoms with Crippen LogP contribution in [0.4, 0.5) is 0 Å². The minimum Gasteiger partial charge on any atom is -0.493 e. The van der Waals surface area contributed by atoms with Crippen molar-refractivity contribution in [2.75, 3.05) is 27.3 Å². The van der Waals surface area contributed by atoms with E-state index < -0.39 is 10.0 Å². The Hall–Kier alpha value is -2.09. The lowest BCUT2D eigenvalue weighted by molar-refractivity contribution is 0.141. The molecule has 0 radical (unpaired) electrons. The Balaban J connectivity index is 2.07. The molecule has 6 nitrogen and oxygen atoms in total. The van der Waals surface area contributed by atoms with Crippen LogP contribution in [0.5, 0.6) is 11.5 Å². The molecule has 0 aromatic heterocycles. The summed E-state index contributed by atoms with van der Waals surface area (Å²) in [6, 6.07) is 12.2. The van der Waals surface area contributed by atoms with Crippen LogP contribution in [0.1, 0.15) is 37.9 Å². The second kappa shape index (κ2) is 9.37. The van der Waals surface area contributed by atoms with E-state index in [9.17, 15) is 8.42 Å². The van der Waals surface area contributed by atoms with Crippen LogP contribution in [0.25, 0.3) is 0 Å². The minimum atomic E-state index is -3.65. The normalized spacial score (nSPS) is 18.1. The second-order valence-corrected chi connectivity index (χ2v) is 9.65. The minimum absolute atomic E-state index is 0.0848. The van der Waals surface area contributed by atoms with Crippen LogP contribution >= 0.6 is 0 Å². The maximum Gasteiger partial charge on any atom is 0.240 e. The van der Waals surface area contributed by atoms with Crippen molar-refractivity contribution in [2.24, 2.45) is 5.92 Å². The van der Waals surface area contributed by atoms with Crippen molar-refractivity contribution in [3.63, 3.8) is 0 Å². The fourth-order valence-corrected chi connectivity index (χ4v) is 5.63. The fourth-order valence-electron chi connectivity index (χ4n) is 4.22. The third-order valence-electron chi connectivity index (χ3n) is 5.84. The molecule has 0 aliphatic carbocycles. The molecule has 0 amide bonds. The van der Waals surface area contributed by atoms with E-state index in [0.717, 1.165) is 25.1 Å². The molecule has 2 aromatic rings. The van der Waals surface area contributed by atoms with E-state index in [2.05, 4.69) is 30.4 Å². The molecule has 0 saturated heterocycles. The van der Waals surface area contributed by atoms with Gasteiger partial charge in [-0.1, -0.05) is 39.0 Å². The molecular formula is C23H32N2O4S. The van der Waals surface area contributed by atoms with Gasteiger partial charge in [0, 0.05) is 12.6 Å². The van der Waals surface area contributed by atoms with Gasteiger partial charge in [-0.2, -0.15) is 0 Å². The van der Waals surface area contributed by atoms with Gasteiger partial charge >= 0.3 is 0 Å². The van der Waals surface area contributed by atoms with Gasteiger partial charge in [-0.25, -0.2) is 13.1 Å². The molecule has 1 heterocycles. The van der Waals surface area contributed by atoms with Crippen LogP contribution in [0.2, 0.25) is 0 Å². The van der Waals surface area contributed by atoms with Gasteiger partial charge < -0.3 is 9.47 Å². The van der Waals surface area contributed by atoms with Crippen molar-refractivity contribution in [1.29, 1.82) is 0 Å². The zero-order valence-corrected chi connectivity index (χ0v) is 19.2. The predicted octanol–water partition coefficient (Wildman–Crippen LogP) is 3.63. The summed E-state index contributed by atoms with van der Waals surface area (Å²) in [7, 11) is -0.394. The molecule has 7 heteroatoms. The van der Waals surface area contributed by atoms with Gasteiger partial charge in [0.15, 0.2) is 11.5 Å². The number of benzene rings is 2. The molecule has 2 atom stereocenters. The second-order valence-electron chi connectivity index (χ2n) is 7.93. The number of likely N-dealkylation sites (N-methyl/N-ethyl adjacent to an activating group) is 1. The molecule has 1 aliphatic heterocycles. The van der Waals surface area contributed by atoms with E-state index in [1.165, 1.54) is 5.56 Å². The van der Waals surface area contributed by atoms with Crippen molar-refractivity contribution in [1.82, 2.24) is 9.62 Å². The molecule has 164 valence electrons. The largest absolute Gasteiger partial charge is 0.493 e. The molecule has 3 rings (SSSR count). The first-order valence-electron chi connectivity index (χ1n) is 10.4. The highest BCUT2D eigenvalue weighted by Gasteiger charge is 2.38. The van der Waals surface area contributed by atoms with Crippen LogP contribution in [-0.4, -0.2) is 46.7 Å². The summed E-state index contributed by atoms with van der Waals surface area (Å²) >= 11 is 0. The number of sulfonamides is 1. The summed E-state index contributed by atoms with van der Waals surface area (Å²) in [6.07, 6.45) is 0.885. The lowest BCUT2D eigenvalue weighted by atomic mass is 9.84. The van der Waals surface area contributed by atoms with Crippen molar-refractivity contribution < 1.29 is 17.9 Å². The first-order valence-corrected chi connectivity index (χ1v) is 11.9. The number of nitrogens with zero attached hydrogens (tertiary/aromatic N) is 1. The highest BCUT2D eigenvalue weighted by Crippen LogP contribution is 2.41. The van der Waals surface area contributed by atoms with Crippen molar-refractivity contribution >= 4 is 10.0 Å². The summed E-state index contributed by atoms with van der Waals surface area (Å²) in [6.45, 7) is 7.92.